The molecular formula is C19H25NO6. The second kappa shape index (κ2) is 7.76. The van der Waals surface area contributed by atoms with Gasteiger partial charge in [0.05, 0.1) is 13.7 Å². The lowest BCUT2D eigenvalue weighted by Crippen LogP contribution is -2.47. The van der Waals surface area contributed by atoms with Crippen molar-refractivity contribution in [3.05, 3.63) is 29.8 Å². The molecule has 0 saturated carbocycles. The van der Waals surface area contributed by atoms with Crippen molar-refractivity contribution in [3.63, 3.8) is 0 Å². The van der Waals surface area contributed by atoms with Crippen LogP contribution in [0.4, 0.5) is 4.79 Å². The Hall–Kier alpha value is -2.57. The van der Waals surface area contributed by atoms with Crippen LogP contribution in [0.2, 0.25) is 0 Å². The summed E-state index contributed by atoms with van der Waals surface area (Å²) >= 11 is 0. The van der Waals surface area contributed by atoms with E-state index in [1.807, 2.05) is 0 Å². The molecule has 2 atom stereocenters. The molecule has 0 aliphatic carbocycles. The van der Waals surface area contributed by atoms with Crippen LogP contribution in [0.5, 0.6) is 5.75 Å². The molecule has 142 valence electrons. The van der Waals surface area contributed by atoms with Crippen molar-refractivity contribution < 1.29 is 28.6 Å². The first-order valence-electron chi connectivity index (χ1n) is 8.53. The third-order valence-electron chi connectivity index (χ3n) is 3.96. The highest BCUT2D eigenvalue weighted by molar-refractivity contribution is 6.01. The van der Waals surface area contributed by atoms with Gasteiger partial charge in [-0.15, -0.1) is 0 Å². The highest BCUT2D eigenvalue weighted by atomic mass is 16.6. The van der Waals surface area contributed by atoms with Crippen LogP contribution < -0.4 is 4.74 Å². The lowest BCUT2D eigenvalue weighted by atomic mass is 9.91. The van der Waals surface area contributed by atoms with Crippen LogP contribution in [0.15, 0.2) is 24.3 Å². The maximum Gasteiger partial charge on any atom is 0.417 e. The molecule has 1 aliphatic rings. The van der Waals surface area contributed by atoms with Gasteiger partial charge in [-0.1, -0.05) is 12.1 Å². The molecule has 0 unspecified atom stereocenters. The second-order valence-corrected chi connectivity index (χ2v) is 7.03. The summed E-state index contributed by atoms with van der Waals surface area (Å²) in [5.41, 5.74) is -0.0632. The van der Waals surface area contributed by atoms with Gasteiger partial charge < -0.3 is 14.2 Å². The van der Waals surface area contributed by atoms with Gasteiger partial charge in [0.2, 0.25) is 5.91 Å². The van der Waals surface area contributed by atoms with E-state index in [0.717, 1.165) is 10.5 Å². The minimum Gasteiger partial charge on any atom is -0.497 e. The molecule has 1 fully saturated rings. The zero-order valence-electron chi connectivity index (χ0n) is 15.8. The van der Waals surface area contributed by atoms with Gasteiger partial charge >= 0.3 is 12.1 Å². The zero-order chi connectivity index (χ0) is 19.5. The van der Waals surface area contributed by atoms with Crippen molar-refractivity contribution in [2.24, 2.45) is 0 Å². The van der Waals surface area contributed by atoms with E-state index in [1.165, 1.54) is 7.11 Å². The molecule has 2 amide bonds. The summed E-state index contributed by atoms with van der Waals surface area (Å²) in [6.45, 7) is 6.92. The van der Waals surface area contributed by atoms with Crippen LogP contribution >= 0.6 is 0 Å². The molecule has 1 aromatic rings. The number of likely N-dealkylation sites (tertiary alicyclic amines) is 1. The van der Waals surface area contributed by atoms with Gasteiger partial charge in [0, 0.05) is 12.3 Å². The first kappa shape index (κ1) is 19.8. The van der Waals surface area contributed by atoms with E-state index in [4.69, 9.17) is 14.2 Å². The van der Waals surface area contributed by atoms with Gasteiger partial charge in [0.25, 0.3) is 0 Å². The number of methoxy groups -OCH3 is 1. The fourth-order valence-electron chi connectivity index (χ4n) is 2.93. The minimum absolute atomic E-state index is 0.00981. The summed E-state index contributed by atoms with van der Waals surface area (Å²) in [5.74, 6) is -1.01. The summed E-state index contributed by atoms with van der Waals surface area (Å²) in [5, 5.41) is 0. The van der Waals surface area contributed by atoms with Gasteiger partial charge in [-0.05, 0) is 45.4 Å². The van der Waals surface area contributed by atoms with Gasteiger partial charge in [0.1, 0.15) is 17.4 Å². The first-order chi connectivity index (χ1) is 12.2. The van der Waals surface area contributed by atoms with Gasteiger partial charge in [-0.3, -0.25) is 4.79 Å². The Morgan fingerprint density at radius 2 is 1.96 bits per heavy atom. The predicted octanol–water partition coefficient (Wildman–Crippen LogP) is 2.88. The maximum atomic E-state index is 12.6. The number of carbonyl (C=O) groups excluding carboxylic acids is 3. The lowest BCUT2D eigenvalue weighted by molar-refractivity contribution is -0.151. The summed E-state index contributed by atoms with van der Waals surface area (Å²) in [4.78, 5) is 38.5. The molecule has 1 aliphatic heterocycles. The number of imide groups is 1. The molecule has 7 heteroatoms. The fraction of sp³-hybridized carbons (Fsp3) is 0.526. The molecule has 26 heavy (non-hydrogen) atoms. The molecule has 0 N–H and O–H groups in total. The van der Waals surface area contributed by atoms with Crippen molar-refractivity contribution in [2.45, 2.75) is 51.7 Å². The molecule has 1 heterocycles. The molecule has 0 spiro atoms. The topological polar surface area (TPSA) is 82.1 Å². The smallest absolute Gasteiger partial charge is 0.417 e. The fourth-order valence-corrected chi connectivity index (χ4v) is 2.93. The highest BCUT2D eigenvalue weighted by Crippen LogP contribution is 2.37. The number of nitrogens with zero attached hydrogens (tertiary/aromatic N) is 1. The Labute approximate surface area is 153 Å². The number of carbonyl (C=O) groups is 3. The summed E-state index contributed by atoms with van der Waals surface area (Å²) in [7, 11) is 1.54. The third kappa shape index (κ3) is 4.33. The molecule has 1 saturated heterocycles. The van der Waals surface area contributed by atoms with Crippen molar-refractivity contribution in [2.75, 3.05) is 13.7 Å². The van der Waals surface area contributed by atoms with E-state index < -0.39 is 35.5 Å². The number of hydrogen-bond acceptors (Lipinski definition) is 6. The van der Waals surface area contributed by atoms with Crippen molar-refractivity contribution in [1.29, 1.82) is 0 Å². The first-order valence-corrected chi connectivity index (χ1v) is 8.53. The average molecular weight is 363 g/mol. The molecule has 7 nitrogen and oxygen atoms in total. The number of esters is 1. The molecule has 0 radical (unpaired) electrons. The van der Waals surface area contributed by atoms with E-state index >= 15 is 0 Å². The molecule has 2 rings (SSSR count). The average Bonchev–Trinajstić information content (AvgIpc) is 2.91. The Balaban J connectivity index is 2.40. The van der Waals surface area contributed by atoms with E-state index in [1.54, 1.807) is 52.0 Å². The standard InChI is InChI=1S/C19H25NO6/c1-6-25-17(22)16-14(12-8-7-9-13(10-12)24-5)11-15(21)20(16)18(23)26-19(2,3)4/h7-10,14,16H,6,11H2,1-5H3/t14-,16+/m0/s1. The van der Waals surface area contributed by atoms with Gasteiger partial charge in [-0.2, -0.15) is 0 Å². The summed E-state index contributed by atoms with van der Waals surface area (Å²) in [6.07, 6.45) is -0.832. The minimum atomic E-state index is -1.07. The van der Waals surface area contributed by atoms with Crippen LogP contribution in [0.1, 0.15) is 45.6 Å². The van der Waals surface area contributed by atoms with Crippen LogP contribution in [-0.4, -0.2) is 48.2 Å². The van der Waals surface area contributed by atoms with Crippen molar-refractivity contribution in [3.8, 4) is 5.75 Å². The van der Waals surface area contributed by atoms with Crippen LogP contribution in [-0.2, 0) is 19.1 Å². The highest BCUT2D eigenvalue weighted by Gasteiger charge is 2.50. The Morgan fingerprint density at radius 3 is 2.54 bits per heavy atom. The number of hydrogen-bond donors (Lipinski definition) is 0. The van der Waals surface area contributed by atoms with Crippen LogP contribution in [0.3, 0.4) is 0 Å². The number of rotatable bonds is 4. The molecule has 0 aromatic heterocycles. The number of amides is 2. The Kier molecular flexibility index (Phi) is 5.90. The van der Waals surface area contributed by atoms with Gasteiger partial charge in [-0.25, -0.2) is 14.5 Å². The van der Waals surface area contributed by atoms with Crippen molar-refractivity contribution in [1.82, 2.24) is 4.90 Å². The van der Waals surface area contributed by atoms with Crippen LogP contribution in [0.25, 0.3) is 0 Å². The largest absolute Gasteiger partial charge is 0.497 e. The van der Waals surface area contributed by atoms with Gasteiger partial charge in [0.15, 0.2) is 0 Å². The quantitative estimate of drug-likeness (QED) is 0.765. The SMILES string of the molecule is CCOC(=O)[C@H]1[C@H](c2cccc(OC)c2)CC(=O)N1C(=O)OC(C)(C)C. The van der Waals surface area contributed by atoms with Crippen molar-refractivity contribution >= 4 is 18.0 Å². The summed E-state index contributed by atoms with van der Waals surface area (Å²) < 4.78 is 15.7. The normalized spacial score (nSPS) is 20.0. The second-order valence-electron chi connectivity index (χ2n) is 7.03. The van der Waals surface area contributed by atoms with E-state index in [9.17, 15) is 14.4 Å². The molecular weight excluding hydrogens is 338 g/mol. The van der Waals surface area contributed by atoms with E-state index in [2.05, 4.69) is 0 Å². The molecule has 1 aromatic carbocycles. The number of benzene rings is 1. The third-order valence-corrected chi connectivity index (χ3v) is 3.96. The summed E-state index contributed by atoms with van der Waals surface area (Å²) in [6, 6.07) is 6.03. The lowest BCUT2D eigenvalue weighted by Gasteiger charge is -2.28. The molecule has 0 bridgehead atoms. The Bertz CT molecular complexity index is 694. The predicted molar refractivity (Wildman–Crippen MR) is 93.9 cm³/mol. The maximum absolute atomic E-state index is 12.6. The van der Waals surface area contributed by atoms with Crippen LogP contribution in [0, 0.1) is 0 Å². The zero-order valence-corrected chi connectivity index (χ0v) is 15.8. The van der Waals surface area contributed by atoms with E-state index in [-0.39, 0.29) is 13.0 Å². The van der Waals surface area contributed by atoms with E-state index in [0.29, 0.717) is 5.75 Å². The Morgan fingerprint density at radius 1 is 1.27 bits per heavy atom. The monoisotopic (exact) mass is 363 g/mol. The number of ether oxygens (including phenoxy) is 3.